The number of carbonyl (C=O) groups excluding carboxylic acids is 1. The molecule has 0 spiro atoms. The fourth-order valence-corrected chi connectivity index (χ4v) is 2.47. The summed E-state index contributed by atoms with van der Waals surface area (Å²) >= 11 is 1.09. The van der Waals surface area contributed by atoms with E-state index in [1.165, 1.54) is 11.8 Å². The van der Waals surface area contributed by atoms with Gasteiger partial charge in [0.2, 0.25) is 0 Å². The number of benzene rings is 2. The molecule has 0 aliphatic carbocycles. The van der Waals surface area contributed by atoms with Gasteiger partial charge in [0.25, 0.3) is 5.91 Å². The zero-order valence-electron chi connectivity index (χ0n) is 11.2. The van der Waals surface area contributed by atoms with Gasteiger partial charge in [-0.15, -0.1) is 5.10 Å². The number of aromatic nitrogens is 2. The van der Waals surface area contributed by atoms with E-state index in [1.54, 1.807) is 0 Å². The van der Waals surface area contributed by atoms with Crippen LogP contribution in [-0.2, 0) is 6.42 Å². The predicted molar refractivity (Wildman–Crippen MR) is 83.6 cm³/mol. The molecule has 1 N–H and O–H groups in total. The summed E-state index contributed by atoms with van der Waals surface area (Å²) in [6, 6.07) is 18.0. The number of nitrogens with one attached hydrogen (secondary N) is 1. The molecule has 0 saturated heterocycles. The van der Waals surface area contributed by atoms with Crippen molar-refractivity contribution in [1.29, 1.82) is 0 Å². The Bertz CT molecular complexity index is 726. The molecule has 3 aromatic rings. The van der Waals surface area contributed by atoms with E-state index in [0.717, 1.165) is 29.2 Å². The number of para-hydroxylation sites is 1. The summed E-state index contributed by atoms with van der Waals surface area (Å²) in [4.78, 5) is 12.6. The third kappa shape index (κ3) is 3.32. The first-order chi connectivity index (χ1) is 10.3. The van der Waals surface area contributed by atoms with Gasteiger partial charge in [-0.25, -0.2) is 0 Å². The van der Waals surface area contributed by atoms with Crippen LogP contribution < -0.4 is 5.32 Å². The van der Waals surface area contributed by atoms with E-state index in [9.17, 15) is 4.79 Å². The van der Waals surface area contributed by atoms with E-state index in [-0.39, 0.29) is 5.91 Å². The lowest BCUT2D eigenvalue weighted by molar-refractivity contribution is 0.103. The molecular formula is C16H13N3OS. The molecule has 1 amide bonds. The average Bonchev–Trinajstić information content (AvgIpc) is 3.05. The van der Waals surface area contributed by atoms with Gasteiger partial charge in [-0.3, -0.25) is 4.79 Å². The van der Waals surface area contributed by atoms with E-state index >= 15 is 0 Å². The molecule has 1 aromatic heterocycles. The SMILES string of the molecule is O=C(Nc1ccccc1Cc1ccccc1)c1cnns1. The Morgan fingerprint density at radius 2 is 1.81 bits per heavy atom. The van der Waals surface area contributed by atoms with Crippen LogP contribution in [0, 0.1) is 0 Å². The largest absolute Gasteiger partial charge is 0.321 e. The maximum absolute atomic E-state index is 12.1. The molecule has 0 unspecified atom stereocenters. The number of hydrogen-bond donors (Lipinski definition) is 1. The van der Waals surface area contributed by atoms with E-state index in [0.29, 0.717) is 4.88 Å². The van der Waals surface area contributed by atoms with E-state index in [1.807, 2.05) is 42.5 Å². The van der Waals surface area contributed by atoms with Crippen LogP contribution in [0.15, 0.2) is 60.8 Å². The highest BCUT2D eigenvalue weighted by Gasteiger charge is 2.11. The molecule has 0 saturated carbocycles. The summed E-state index contributed by atoms with van der Waals surface area (Å²) in [5.74, 6) is -0.175. The van der Waals surface area contributed by atoms with E-state index in [2.05, 4.69) is 27.0 Å². The lowest BCUT2D eigenvalue weighted by atomic mass is 10.0. The van der Waals surface area contributed by atoms with Crippen molar-refractivity contribution in [3.05, 3.63) is 76.8 Å². The molecule has 5 heteroatoms. The van der Waals surface area contributed by atoms with Gasteiger partial charge in [-0.05, 0) is 35.1 Å². The number of rotatable bonds is 4. The Labute approximate surface area is 126 Å². The molecule has 0 atom stereocenters. The van der Waals surface area contributed by atoms with Crippen LogP contribution in [0.2, 0.25) is 0 Å². The second kappa shape index (κ2) is 6.28. The van der Waals surface area contributed by atoms with E-state index < -0.39 is 0 Å². The van der Waals surface area contributed by atoms with Crippen molar-refractivity contribution in [3.8, 4) is 0 Å². The summed E-state index contributed by atoms with van der Waals surface area (Å²) in [5, 5.41) is 6.61. The minimum absolute atomic E-state index is 0.175. The van der Waals surface area contributed by atoms with Crippen LogP contribution in [0.4, 0.5) is 5.69 Å². The lowest BCUT2D eigenvalue weighted by Crippen LogP contribution is -2.12. The predicted octanol–water partition coefficient (Wildman–Crippen LogP) is 3.38. The smallest absolute Gasteiger partial charge is 0.269 e. The van der Waals surface area contributed by atoms with Crippen LogP contribution >= 0.6 is 11.5 Å². The Morgan fingerprint density at radius 1 is 1.05 bits per heavy atom. The van der Waals surface area contributed by atoms with Gasteiger partial charge >= 0.3 is 0 Å². The Hall–Kier alpha value is -2.53. The van der Waals surface area contributed by atoms with Crippen molar-refractivity contribution in [3.63, 3.8) is 0 Å². The van der Waals surface area contributed by atoms with Gasteiger partial charge in [-0.2, -0.15) is 0 Å². The highest BCUT2D eigenvalue weighted by molar-refractivity contribution is 7.07. The Morgan fingerprint density at radius 3 is 2.57 bits per heavy atom. The van der Waals surface area contributed by atoms with Gasteiger partial charge in [0.15, 0.2) is 0 Å². The van der Waals surface area contributed by atoms with Crippen molar-refractivity contribution in [1.82, 2.24) is 9.59 Å². The topological polar surface area (TPSA) is 54.9 Å². The molecule has 0 fully saturated rings. The number of carbonyl (C=O) groups is 1. The molecule has 1 heterocycles. The molecule has 0 aliphatic rings. The van der Waals surface area contributed by atoms with Crippen molar-refractivity contribution in [2.45, 2.75) is 6.42 Å². The quantitative estimate of drug-likeness (QED) is 0.802. The van der Waals surface area contributed by atoms with Crippen LogP contribution in [0.5, 0.6) is 0 Å². The molecule has 21 heavy (non-hydrogen) atoms. The normalized spacial score (nSPS) is 10.3. The van der Waals surface area contributed by atoms with Crippen molar-refractivity contribution < 1.29 is 4.79 Å². The molecular weight excluding hydrogens is 282 g/mol. The van der Waals surface area contributed by atoms with Crippen LogP contribution in [0.25, 0.3) is 0 Å². The number of amides is 1. The van der Waals surface area contributed by atoms with Crippen molar-refractivity contribution >= 4 is 23.1 Å². The first-order valence-electron chi connectivity index (χ1n) is 6.53. The Balaban J connectivity index is 1.81. The fourth-order valence-electron chi connectivity index (χ4n) is 2.06. The van der Waals surface area contributed by atoms with Gasteiger partial charge in [0, 0.05) is 5.69 Å². The van der Waals surface area contributed by atoms with Crippen LogP contribution in [0.3, 0.4) is 0 Å². The molecule has 4 nitrogen and oxygen atoms in total. The highest BCUT2D eigenvalue weighted by atomic mass is 32.1. The minimum atomic E-state index is -0.175. The molecule has 2 aromatic carbocycles. The maximum atomic E-state index is 12.1. The first-order valence-corrected chi connectivity index (χ1v) is 7.31. The first kappa shape index (κ1) is 13.5. The summed E-state index contributed by atoms with van der Waals surface area (Å²) < 4.78 is 3.71. The standard InChI is InChI=1S/C16H13N3OS/c20-16(15-11-17-19-21-15)18-14-9-5-4-8-13(14)10-12-6-2-1-3-7-12/h1-9,11H,10H2,(H,18,20). The van der Waals surface area contributed by atoms with Gasteiger partial charge in [-0.1, -0.05) is 53.0 Å². The zero-order valence-corrected chi connectivity index (χ0v) is 12.0. The summed E-state index contributed by atoms with van der Waals surface area (Å²) in [5.41, 5.74) is 3.10. The third-order valence-corrected chi connectivity index (χ3v) is 3.75. The number of anilines is 1. The van der Waals surface area contributed by atoms with E-state index in [4.69, 9.17) is 0 Å². The van der Waals surface area contributed by atoms with Gasteiger partial charge in [0.05, 0.1) is 6.20 Å². The minimum Gasteiger partial charge on any atom is -0.321 e. The molecule has 104 valence electrons. The molecule has 0 aliphatic heterocycles. The lowest BCUT2D eigenvalue weighted by Gasteiger charge is -2.10. The van der Waals surface area contributed by atoms with Crippen LogP contribution in [0.1, 0.15) is 20.8 Å². The zero-order chi connectivity index (χ0) is 14.5. The van der Waals surface area contributed by atoms with Crippen LogP contribution in [-0.4, -0.2) is 15.5 Å². The number of nitrogens with zero attached hydrogens (tertiary/aromatic N) is 2. The summed E-state index contributed by atoms with van der Waals surface area (Å²) in [6.45, 7) is 0. The second-order valence-electron chi connectivity index (χ2n) is 4.56. The summed E-state index contributed by atoms with van der Waals surface area (Å²) in [7, 11) is 0. The molecule has 0 bridgehead atoms. The fraction of sp³-hybridized carbons (Fsp3) is 0.0625. The Kier molecular flexibility index (Phi) is 4.02. The monoisotopic (exact) mass is 295 g/mol. The van der Waals surface area contributed by atoms with Gasteiger partial charge < -0.3 is 5.32 Å². The number of hydrogen-bond acceptors (Lipinski definition) is 4. The molecule has 3 rings (SSSR count). The van der Waals surface area contributed by atoms with Crippen molar-refractivity contribution in [2.24, 2.45) is 0 Å². The average molecular weight is 295 g/mol. The third-order valence-electron chi connectivity index (χ3n) is 3.09. The second-order valence-corrected chi connectivity index (χ2v) is 5.34. The highest BCUT2D eigenvalue weighted by Crippen LogP contribution is 2.20. The van der Waals surface area contributed by atoms with Gasteiger partial charge in [0.1, 0.15) is 4.88 Å². The van der Waals surface area contributed by atoms with Crippen molar-refractivity contribution in [2.75, 3.05) is 5.32 Å². The summed E-state index contributed by atoms with van der Waals surface area (Å²) in [6.07, 6.45) is 2.25. The molecule has 0 radical (unpaired) electrons. The maximum Gasteiger partial charge on any atom is 0.269 e.